The van der Waals surface area contributed by atoms with E-state index in [9.17, 15) is 9.59 Å². The van der Waals surface area contributed by atoms with Gasteiger partial charge in [0.1, 0.15) is 17.9 Å². The van der Waals surface area contributed by atoms with E-state index < -0.39 is 0 Å². The van der Waals surface area contributed by atoms with Crippen LogP contribution in [0.25, 0.3) is 0 Å². The molecule has 5 nitrogen and oxygen atoms in total. The van der Waals surface area contributed by atoms with Crippen LogP contribution in [0.5, 0.6) is 5.75 Å². The third-order valence-electron chi connectivity index (χ3n) is 4.68. The Labute approximate surface area is 133 Å². The van der Waals surface area contributed by atoms with Gasteiger partial charge in [0.25, 0.3) is 5.91 Å². The fourth-order valence-electron chi connectivity index (χ4n) is 3.66. The van der Waals surface area contributed by atoms with Gasteiger partial charge in [-0.15, -0.1) is 0 Å². The minimum absolute atomic E-state index is 0.00374. The highest BCUT2D eigenvalue weighted by atomic mass is 35.5. The Hall–Kier alpha value is -1.75. The van der Waals surface area contributed by atoms with Gasteiger partial charge in [-0.05, 0) is 38.3 Å². The monoisotopic (exact) mass is 320 g/mol. The molecule has 2 saturated heterocycles. The normalized spacial score (nSPS) is 27.0. The number of carbonyl (C=O) groups is 2. The van der Waals surface area contributed by atoms with Crippen molar-refractivity contribution in [1.82, 2.24) is 4.90 Å². The molecule has 3 amide bonds. The number of anilines is 1. The Morgan fingerprint density at radius 1 is 1.27 bits per heavy atom. The number of halogens is 1. The van der Waals surface area contributed by atoms with E-state index in [1.165, 1.54) is 4.90 Å². The van der Waals surface area contributed by atoms with Crippen molar-refractivity contribution in [3.8, 4) is 5.75 Å². The number of carbonyl (C=O) groups excluding carboxylic acids is 2. The average Bonchev–Trinajstić information content (AvgIpc) is 3.02. The summed E-state index contributed by atoms with van der Waals surface area (Å²) >= 11 is 6.18. The van der Waals surface area contributed by atoms with E-state index in [1.807, 2.05) is 6.92 Å². The van der Waals surface area contributed by atoms with Crippen LogP contribution in [-0.2, 0) is 11.2 Å². The van der Waals surface area contributed by atoms with Crippen molar-refractivity contribution in [2.45, 2.75) is 44.8 Å². The number of imide groups is 1. The van der Waals surface area contributed by atoms with Gasteiger partial charge in [-0.3, -0.25) is 4.79 Å². The Bertz CT molecular complexity index is 652. The lowest BCUT2D eigenvalue weighted by Crippen LogP contribution is -2.39. The first kappa shape index (κ1) is 13.9. The number of ether oxygens (including phenoxy) is 1. The molecule has 1 aromatic carbocycles. The van der Waals surface area contributed by atoms with E-state index in [0.29, 0.717) is 29.4 Å². The Balaban J connectivity index is 1.78. The van der Waals surface area contributed by atoms with Gasteiger partial charge in [0.2, 0.25) is 0 Å². The first-order chi connectivity index (χ1) is 10.6. The maximum atomic E-state index is 12.7. The molecule has 0 aromatic heterocycles. The van der Waals surface area contributed by atoms with Gasteiger partial charge in [0.05, 0.1) is 10.7 Å². The number of rotatable bonds is 1. The molecule has 0 radical (unpaired) electrons. The van der Waals surface area contributed by atoms with Gasteiger partial charge < -0.3 is 9.64 Å². The number of fused-ring (bicyclic) bond motifs is 2. The zero-order chi connectivity index (χ0) is 15.4. The zero-order valence-corrected chi connectivity index (χ0v) is 13.1. The van der Waals surface area contributed by atoms with Crippen LogP contribution in [0.2, 0.25) is 5.02 Å². The van der Waals surface area contributed by atoms with Crippen LogP contribution in [0, 0.1) is 0 Å². The summed E-state index contributed by atoms with van der Waals surface area (Å²) in [5.74, 6) is 0.492. The highest BCUT2D eigenvalue weighted by Crippen LogP contribution is 2.43. The number of nitrogens with zero attached hydrogens (tertiary/aromatic N) is 2. The van der Waals surface area contributed by atoms with Crippen LogP contribution in [0.3, 0.4) is 0 Å². The highest BCUT2D eigenvalue weighted by molar-refractivity contribution is 6.32. The maximum absolute atomic E-state index is 12.7. The molecular formula is C16H17ClN2O3. The fourth-order valence-corrected chi connectivity index (χ4v) is 3.89. The number of hydrogen-bond acceptors (Lipinski definition) is 3. The molecule has 2 atom stereocenters. The molecule has 3 heterocycles. The first-order valence-electron chi connectivity index (χ1n) is 7.70. The second-order valence-electron chi connectivity index (χ2n) is 6.17. The van der Waals surface area contributed by atoms with Gasteiger partial charge in [0, 0.05) is 18.5 Å². The van der Waals surface area contributed by atoms with Crippen molar-refractivity contribution < 1.29 is 14.3 Å². The predicted octanol–water partition coefficient (Wildman–Crippen LogP) is 2.98. The Morgan fingerprint density at radius 2 is 2.09 bits per heavy atom. The molecule has 2 fully saturated rings. The van der Waals surface area contributed by atoms with Crippen LogP contribution < -0.4 is 9.64 Å². The van der Waals surface area contributed by atoms with Gasteiger partial charge in [0.15, 0.2) is 0 Å². The molecule has 2 unspecified atom stereocenters. The molecule has 3 aliphatic heterocycles. The molecular weight excluding hydrogens is 304 g/mol. The molecule has 4 rings (SSSR count). The second-order valence-corrected chi connectivity index (χ2v) is 6.58. The summed E-state index contributed by atoms with van der Waals surface area (Å²) in [4.78, 5) is 28.4. The van der Waals surface area contributed by atoms with Crippen molar-refractivity contribution >= 4 is 29.2 Å². The maximum Gasteiger partial charge on any atom is 0.332 e. The minimum Gasteiger partial charge on any atom is -0.488 e. The lowest BCUT2D eigenvalue weighted by Gasteiger charge is -2.26. The summed E-state index contributed by atoms with van der Waals surface area (Å²) in [6.45, 7) is 2.62. The summed E-state index contributed by atoms with van der Waals surface area (Å²) in [5, 5.41) is 0.528. The summed E-state index contributed by atoms with van der Waals surface area (Å²) in [6, 6.07) is 2.95. The summed E-state index contributed by atoms with van der Waals surface area (Å²) < 4.78 is 5.73. The Morgan fingerprint density at radius 3 is 2.86 bits per heavy atom. The number of amides is 3. The molecule has 1 aromatic rings. The quantitative estimate of drug-likeness (QED) is 0.747. The standard InChI is InChI=1S/C16H17ClN2O3/c1-9-8-10-12(6-5-11(17)14(10)22-9)19-15(20)13-4-2-3-7-18(13)16(19)21/h5-6,9,13H,2-4,7-8H2,1H3. The van der Waals surface area contributed by atoms with E-state index in [2.05, 4.69) is 0 Å². The average molecular weight is 321 g/mol. The zero-order valence-electron chi connectivity index (χ0n) is 12.3. The molecule has 0 bridgehead atoms. The second kappa shape index (κ2) is 4.88. The number of piperidine rings is 1. The molecule has 0 saturated carbocycles. The Kier molecular flexibility index (Phi) is 3.08. The molecule has 22 heavy (non-hydrogen) atoms. The lowest BCUT2D eigenvalue weighted by atomic mass is 10.0. The summed E-state index contributed by atoms with van der Waals surface area (Å²) in [7, 11) is 0. The topological polar surface area (TPSA) is 49.9 Å². The van der Waals surface area contributed by atoms with Gasteiger partial charge in [-0.2, -0.15) is 0 Å². The van der Waals surface area contributed by atoms with Crippen molar-refractivity contribution in [1.29, 1.82) is 0 Å². The smallest absolute Gasteiger partial charge is 0.332 e. The predicted molar refractivity (Wildman–Crippen MR) is 82.5 cm³/mol. The molecule has 116 valence electrons. The van der Waals surface area contributed by atoms with Crippen LogP contribution in [-0.4, -0.2) is 35.5 Å². The molecule has 3 aliphatic rings. The highest BCUT2D eigenvalue weighted by Gasteiger charge is 2.47. The SMILES string of the molecule is CC1Cc2c(N3C(=O)C4CCCCN4C3=O)ccc(Cl)c2O1. The van der Waals surface area contributed by atoms with Crippen LogP contribution in [0.1, 0.15) is 31.7 Å². The number of hydrogen-bond donors (Lipinski definition) is 0. The summed E-state index contributed by atoms with van der Waals surface area (Å²) in [5.41, 5.74) is 1.50. The van der Waals surface area contributed by atoms with Crippen LogP contribution >= 0.6 is 11.6 Å². The van der Waals surface area contributed by atoms with Crippen LogP contribution in [0.15, 0.2) is 12.1 Å². The fraction of sp³-hybridized carbons (Fsp3) is 0.500. The third-order valence-corrected chi connectivity index (χ3v) is 4.98. The first-order valence-corrected chi connectivity index (χ1v) is 8.08. The van der Waals surface area contributed by atoms with E-state index in [0.717, 1.165) is 24.8 Å². The van der Waals surface area contributed by atoms with Gasteiger partial charge >= 0.3 is 6.03 Å². The van der Waals surface area contributed by atoms with E-state index in [-0.39, 0.29) is 24.1 Å². The van der Waals surface area contributed by atoms with E-state index in [4.69, 9.17) is 16.3 Å². The largest absolute Gasteiger partial charge is 0.488 e. The minimum atomic E-state index is -0.299. The van der Waals surface area contributed by atoms with Crippen molar-refractivity contribution in [2.24, 2.45) is 0 Å². The van der Waals surface area contributed by atoms with E-state index in [1.54, 1.807) is 17.0 Å². The van der Waals surface area contributed by atoms with Crippen molar-refractivity contribution in [2.75, 3.05) is 11.4 Å². The molecule has 0 N–H and O–H groups in total. The van der Waals surface area contributed by atoms with Crippen molar-refractivity contribution in [3.63, 3.8) is 0 Å². The molecule has 0 aliphatic carbocycles. The lowest BCUT2D eigenvalue weighted by molar-refractivity contribution is -0.120. The van der Waals surface area contributed by atoms with Gasteiger partial charge in [-0.25, -0.2) is 9.69 Å². The third kappa shape index (κ3) is 1.85. The van der Waals surface area contributed by atoms with E-state index >= 15 is 0 Å². The summed E-state index contributed by atoms with van der Waals surface area (Å²) in [6.07, 6.45) is 3.37. The molecule has 0 spiro atoms. The van der Waals surface area contributed by atoms with Crippen LogP contribution in [0.4, 0.5) is 10.5 Å². The molecule has 6 heteroatoms. The van der Waals surface area contributed by atoms with Crippen molar-refractivity contribution in [3.05, 3.63) is 22.7 Å². The number of urea groups is 1. The number of benzene rings is 1. The van der Waals surface area contributed by atoms with Gasteiger partial charge in [-0.1, -0.05) is 11.6 Å².